The second-order valence-electron chi connectivity index (χ2n) is 9.07. The summed E-state index contributed by atoms with van der Waals surface area (Å²) in [5.74, 6) is 0.235. The third-order valence-electron chi connectivity index (χ3n) is 4.76. The van der Waals surface area contributed by atoms with E-state index in [0.29, 0.717) is 0 Å². The summed E-state index contributed by atoms with van der Waals surface area (Å²) in [6.45, 7) is 13.1. The van der Waals surface area contributed by atoms with E-state index in [1.54, 1.807) is 6.07 Å². The van der Waals surface area contributed by atoms with Crippen molar-refractivity contribution in [1.82, 2.24) is 9.97 Å². The van der Waals surface area contributed by atoms with Crippen molar-refractivity contribution in [2.24, 2.45) is 0 Å². The van der Waals surface area contributed by atoms with Gasteiger partial charge in [0.2, 0.25) is 0 Å². The van der Waals surface area contributed by atoms with Gasteiger partial charge >= 0.3 is 0 Å². The first-order valence-electron chi connectivity index (χ1n) is 9.33. The van der Waals surface area contributed by atoms with Crippen LogP contribution in [-0.4, -0.2) is 15.1 Å². The zero-order chi connectivity index (χ0) is 19.8. The molecule has 0 bridgehead atoms. The molecular weight excluding hydrogens is 332 g/mol. The first-order valence-corrected chi connectivity index (χ1v) is 9.33. The van der Waals surface area contributed by atoms with Crippen LogP contribution in [0.3, 0.4) is 0 Å². The van der Waals surface area contributed by atoms with Gasteiger partial charge < -0.3 is 5.11 Å². The number of phenolic OH excluding ortho intramolecular Hbond substituents is 1. The van der Waals surface area contributed by atoms with Crippen molar-refractivity contribution in [2.75, 3.05) is 0 Å². The Morgan fingerprint density at radius 3 is 1.93 bits per heavy atom. The van der Waals surface area contributed by atoms with E-state index in [9.17, 15) is 5.11 Å². The zero-order valence-electron chi connectivity index (χ0n) is 17.0. The Bertz CT molecular complexity index is 963. The number of aromatic hydroxyl groups is 1. The predicted octanol–water partition coefficient (Wildman–Crippen LogP) is 6.11. The van der Waals surface area contributed by atoms with Gasteiger partial charge in [-0.1, -0.05) is 53.7 Å². The van der Waals surface area contributed by atoms with Crippen molar-refractivity contribution in [3.63, 3.8) is 0 Å². The van der Waals surface area contributed by atoms with Crippen LogP contribution in [0.2, 0.25) is 0 Å². The van der Waals surface area contributed by atoms with Gasteiger partial charge in [-0.05, 0) is 58.4 Å². The van der Waals surface area contributed by atoms with Crippen LogP contribution in [0.4, 0.5) is 0 Å². The van der Waals surface area contributed by atoms with E-state index in [4.69, 9.17) is 4.98 Å². The standard InChI is InChI=1S/C24H28N2O/c1-23(2,3)16-11-12-25-20(13-16)21-15-17(24(4,5)6)14-19(26-21)18-9-7-8-10-22(18)27/h7-15,27H,1-6H3. The van der Waals surface area contributed by atoms with Crippen LogP contribution in [0.25, 0.3) is 22.6 Å². The largest absolute Gasteiger partial charge is 0.507 e. The van der Waals surface area contributed by atoms with E-state index in [1.807, 2.05) is 24.4 Å². The summed E-state index contributed by atoms with van der Waals surface area (Å²) in [7, 11) is 0. The van der Waals surface area contributed by atoms with E-state index in [2.05, 4.69) is 70.8 Å². The maximum Gasteiger partial charge on any atom is 0.124 e. The molecule has 0 saturated heterocycles. The number of nitrogens with zero attached hydrogens (tertiary/aromatic N) is 2. The van der Waals surface area contributed by atoms with E-state index in [1.165, 1.54) is 5.56 Å². The molecule has 0 aliphatic rings. The molecule has 0 atom stereocenters. The van der Waals surface area contributed by atoms with E-state index in [0.717, 1.165) is 28.2 Å². The fourth-order valence-electron chi connectivity index (χ4n) is 2.96. The fourth-order valence-corrected chi connectivity index (χ4v) is 2.96. The van der Waals surface area contributed by atoms with Crippen LogP contribution >= 0.6 is 0 Å². The minimum absolute atomic E-state index is 0.0415. The van der Waals surface area contributed by atoms with Gasteiger partial charge in [0.05, 0.1) is 17.1 Å². The molecule has 27 heavy (non-hydrogen) atoms. The quantitative estimate of drug-likeness (QED) is 0.599. The lowest BCUT2D eigenvalue weighted by atomic mass is 9.85. The normalized spacial score (nSPS) is 12.2. The van der Waals surface area contributed by atoms with Gasteiger partial charge in [0.15, 0.2) is 0 Å². The van der Waals surface area contributed by atoms with Crippen LogP contribution in [0.15, 0.2) is 54.7 Å². The molecule has 2 aromatic heterocycles. The molecule has 3 aromatic rings. The summed E-state index contributed by atoms with van der Waals surface area (Å²) in [5, 5.41) is 10.3. The summed E-state index contributed by atoms with van der Waals surface area (Å²) in [6.07, 6.45) is 1.85. The van der Waals surface area contributed by atoms with Crippen molar-refractivity contribution in [1.29, 1.82) is 0 Å². The van der Waals surface area contributed by atoms with E-state index >= 15 is 0 Å². The number of benzene rings is 1. The molecule has 140 valence electrons. The molecule has 1 aromatic carbocycles. The highest BCUT2D eigenvalue weighted by atomic mass is 16.3. The lowest BCUT2D eigenvalue weighted by Crippen LogP contribution is -2.13. The molecule has 0 radical (unpaired) electrons. The first-order chi connectivity index (χ1) is 12.6. The number of aromatic nitrogens is 2. The van der Waals surface area contributed by atoms with E-state index in [-0.39, 0.29) is 16.6 Å². The van der Waals surface area contributed by atoms with Gasteiger partial charge in [-0.2, -0.15) is 0 Å². The Balaban J connectivity index is 2.22. The molecule has 3 heteroatoms. The Morgan fingerprint density at radius 1 is 0.704 bits per heavy atom. The molecule has 3 rings (SSSR count). The molecule has 3 nitrogen and oxygen atoms in total. The van der Waals surface area contributed by atoms with Crippen molar-refractivity contribution in [3.05, 3.63) is 65.9 Å². The fraction of sp³-hybridized carbons (Fsp3) is 0.333. The first kappa shape index (κ1) is 19.1. The van der Waals surface area contributed by atoms with Crippen molar-refractivity contribution in [2.45, 2.75) is 52.4 Å². The minimum atomic E-state index is -0.0432. The summed E-state index contributed by atoms with van der Waals surface area (Å²) < 4.78 is 0. The van der Waals surface area contributed by atoms with Gasteiger partial charge in [0, 0.05) is 11.8 Å². The number of hydrogen-bond donors (Lipinski definition) is 1. The molecule has 0 aliphatic heterocycles. The maximum atomic E-state index is 10.3. The minimum Gasteiger partial charge on any atom is -0.507 e. The van der Waals surface area contributed by atoms with Crippen LogP contribution in [0, 0.1) is 0 Å². The SMILES string of the molecule is CC(C)(C)c1ccnc(-c2cc(C(C)(C)C)cc(-c3ccccc3O)n2)c1. The molecule has 2 heterocycles. The van der Waals surface area contributed by atoms with Gasteiger partial charge in [0.1, 0.15) is 5.75 Å². The lowest BCUT2D eigenvalue weighted by molar-refractivity contribution is 0.477. The number of para-hydroxylation sites is 1. The number of pyridine rings is 2. The predicted molar refractivity (Wildman–Crippen MR) is 112 cm³/mol. The van der Waals surface area contributed by atoms with Gasteiger partial charge in [-0.15, -0.1) is 0 Å². The van der Waals surface area contributed by atoms with E-state index < -0.39 is 0 Å². The smallest absolute Gasteiger partial charge is 0.124 e. The second-order valence-corrected chi connectivity index (χ2v) is 9.07. The van der Waals surface area contributed by atoms with Crippen LogP contribution in [-0.2, 0) is 10.8 Å². The molecular formula is C24H28N2O. The Labute approximate surface area is 162 Å². The number of rotatable bonds is 2. The molecule has 0 spiro atoms. The van der Waals surface area contributed by atoms with Gasteiger partial charge in [0.25, 0.3) is 0 Å². The van der Waals surface area contributed by atoms with Crippen molar-refractivity contribution < 1.29 is 5.11 Å². The molecule has 0 unspecified atom stereocenters. The molecule has 0 amide bonds. The zero-order valence-corrected chi connectivity index (χ0v) is 17.0. The Morgan fingerprint density at radius 2 is 1.30 bits per heavy atom. The average Bonchev–Trinajstić information content (AvgIpc) is 2.60. The molecule has 0 saturated carbocycles. The Kier molecular flexibility index (Phi) is 4.81. The van der Waals surface area contributed by atoms with Crippen molar-refractivity contribution in [3.8, 4) is 28.4 Å². The molecule has 0 fully saturated rings. The highest BCUT2D eigenvalue weighted by molar-refractivity contribution is 5.71. The highest BCUT2D eigenvalue weighted by Gasteiger charge is 2.20. The summed E-state index contributed by atoms with van der Waals surface area (Å²) >= 11 is 0. The molecule has 0 aliphatic carbocycles. The maximum absolute atomic E-state index is 10.3. The summed E-state index contributed by atoms with van der Waals surface area (Å²) in [4.78, 5) is 9.43. The van der Waals surface area contributed by atoms with Gasteiger partial charge in [-0.3, -0.25) is 4.98 Å². The van der Waals surface area contributed by atoms with Crippen LogP contribution < -0.4 is 0 Å². The summed E-state index contributed by atoms with van der Waals surface area (Å²) in [5.41, 5.74) is 5.55. The third kappa shape index (κ3) is 4.19. The third-order valence-corrected chi connectivity index (χ3v) is 4.76. The number of hydrogen-bond acceptors (Lipinski definition) is 3. The van der Waals surface area contributed by atoms with Crippen molar-refractivity contribution >= 4 is 0 Å². The monoisotopic (exact) mass is 360 g/mol. The number of phenols is 1. The molecule has 1 N–H and O–H groups in total. The Hall–Kier alpha value is -2.68. The second kappa shape index (κ2) is 6.80. The van der Waals surface area contributed by atoms with Gasteiger partial charge in [-0.25, -0.2) is 4.98 Å². The highest BCUT2D eigenvalue weighted by Crippen LogP contribution is 2.34. The topological polar surface area (TPSA) is 46.0 Å². The summed E-state index contributed by atoms with van der Waals surface area (Å²) in [6, 6.07) is 15.7. The van der Waals surface area contributed by atoms with Crippen LogP contribution in [0.1, 0.15) is 52.7 Å². The van der Waals surface area contributed by atoms with Crippen LogP contribution in [0.5, 0.6) is 5.75 Å². The average molecular weight is 361 g/mol. The lowest BCUT2D eigenvalue weighted by Gasteiger charge is -2.22.